The molecule has 0 spiro atoms. The third-order valence-electron chi connectivity index (χ3n) is 5.31. The number of urea groups is 1. The Bertz CT molecular complexity index is 384. The van der Waals surface area contributed by atoms with Crippen LogP contribution in [-0.4, -0.2) is 53.9 Å². The van der Waals surface area contributed by atoms with Gasteiger partial charge in [0.25, 0.3) is 0 Å². The Hall–Kier alpha value is -0.810. The summed E-state index contributed by atoms with van der Waals surface area (Å²) in [6.07, 6.45) is 4.39. The SMILES string of the molecule is CC(C)[C@H](O)C(C)(C)CNC(=O)N[C@@H]1CCN2CCCC[C@@H]12. The van der Waals surface area contributed by atoms with Crippen LogP contribution < -0.4 is 10.6 Å². The van der Waals surface area contributed by atoms with E-state index in [2.05, 4.69) is 15.5 Å². The fourth-order valence-electron chi connectivity index (χ4n) is 3.95. The smallest absolute Gasteiger partial charge is 0.315 e. The molecule has 0 unspecified atom stereocenters. The zero-order valence-corrected chi connectivity index (χ0v) is 14.6. The number of amides is 2. The summed E-state index contributed by atoms with van der Waals surface area (Å²) in [7, 11) is 0. The number of carbonyl (C=O) groups is 1. The van der Waals surface area contributed by atoms with E-state index in [1.807, 2.05) is 27.7 Å². The minimum Gasteiger partial charge on any atom is -0.392 e. The third kappa shape index (κ3) is 4.13. The van der Waals surface area contributed by atoms with Gasteiger partial charge >= 0.3 is 6.03 Å². The summed E-state index contributed by atoms with van der Waals surface area (Å²) in [5.74, 6) is 0.186. The monoisotopic (exact) mass is 311 g/mol. The molecule has 22 heavy (non-hydrogen) atoms. The second kappa shape index (κ2) is 7.18. The number of hydrogen-bond donors (Lipinski definition) is 3. The van der Waals surface area contributed by atoms with Crippen LogP contribution in [0.25, 0.3) is 0 Å². The molecule has 2 rings (SSSR count). The molecular formula is C17H33N3O2. The summed E-state index contributed by atoms with van der Waals surface area (Å²) in [4.78, 5) is 14.7. The van der Waals surface area contributed by atoms with E-state index in [1.165, 1.54) is 25.8 Å². The summed E-state index contributed by atoms with van der Waals surface area (Å²) in [6.45, 7) is 10.8. The zero-order chi connectivity index (χ0) is 16.3. The predicted octanol–water partition coefficient (Wildman–Crippen LogP) is 1.96. The highest BCUT2D eigenvalue weighted by molar-refractivity contribution is 5.74. The van der Waals surface area contributed by atoms with Gasteiger partial charge in [-0.25, -0.2) is 4.79 Å². The number of piperidine rings is 1. The van der Waals surface area contributed by atoms with Crippen LogP contribution >= 0.6 is 0 Å². The molecule has 0 aromatic rings. The first kappa shape index (κ1) is 17.5. The number of aliphatic hydroxyl groups excluding tert-OH is 1. The minimum absolute atomic E-state index is 0.0959. The van der Waals surface area contributed by atoms with Crippen molar-refractivity contribution in [2.24, 2.45) is 11.3 Å². The van der Waals surface area contributed by atoms with Crippen LogP contribution in [0.4, 0.5) is 4.79 Å². The van der Waals surface area contributed by atoms with Crippen molar-refractivity contribution < 1.29 is 9.90 Å². The number of nitrogens with zero attached hydrogens (tertiary/aromatic N) is 1. The molecule has 3 atom stereocenters. The van der Waals surface area contributed by atoms with Crippen molar-refractivity contribution in [1.29, 1.82) is 0 Å². The van der Waals surface area contributed by atoms with Crippen molar-refractivity contribution in [3.8, 4) is 0 Å². The maximum atomic E-state index is 12.2. The van der Waals surface area contributed by atoms with E-state index < -0.39 is 6.10 Å². The maximum absolute atomic E-state index is 12.2. The Morgan fingerprint density at radius 3 is 2.68 bits per heavy atom. The summed E-state index contributed by atoms with van der Waals surface area (Å²) in [6, 6.07) is 0.702. The summed E-state index contributed by atoms with van der Waals surface area (Å²) >= 11 is 0. The van der Waals surface area contributed by atoms with Gasteiger partial charge in [0.1, 0.15) is 0 Å². The standard InChI is InChI=1S/C17H33N3O2/c1-12(2)15(21)17(3,4)11-18-16(22)19-13-8-10-20-9-6-5-7-14(13)20/h12-15,21H,5-11H2,1-4H3,(H2,18,19,22)/t13-,14+,15+/m1/s1. The summed E-state index contributed by atoms with van der Waals surface area (Å²) in [5, 5.41) is 16.3. The van der Waals surface area contributed by atoms with Crippen LogP contribution in [0.5, 0.6) is 0 Å². The number of nitrogens with one attached hydrogen (secondary N) is 2. The second-order valence-corrected chi connectivity index (χ2v) is 8.00. The fraction of sp³-hybridized carbons (Fsp3) is 0.941. The Morgan fingerprint density at radius 2 is 2.00 bits per heavy atom. The Balaban J connectivity index is 1.78. The molecule has 2 aliphatic rings. The predicted molar refractivity (Wildman–Crippen MR) is 88.8 cm³/mol. The second-order valence-electron chi connectivity index (χ2n) is 8.00. The van der Waals surface area contributed by atoms with Gasteiger partial charge < -0.3 is 15.7 Å². The molecule has 0 aromatic heterocycles. The first-order valence-electron chi connectivity index (χ1n) is 8.78. The van der Waals surface area contributed by atoms with E-state index in [1.54, 1.807) is 0 Å². The minimum atomic E-state index is -0.423. The van der Waals surface area contributed by atoms with Crippen molar-refractivity contribution in [3.05, 3.63) is 0 Å². The first-order chi connectivity index (χ1) is 10.3. The molecule has 0 aromatic carbocycles. The summed E-state index contributed by atoms with van der Waals surface area (Å²) in [5.41, 5.74) is -0.321. The van der Waals surface area contributed by atoms with Gasteiger partial charge in [0.05, 0.1) is 6.10 Å². The van der Waals surface area contributed by atoms with E-state index >= 15 is 0 Å². The quantitative estimate of drug-likeness (QED) is 0.727. The summed E-state index contributed by atoms with van der Waals surface area (Å²) < 4.78 is 0. The van der Waals surface area contributed by atoms with Crippen LogP contribution in [-0.2, 0) is 0 Å². The van der Waals surface area contributed by atoms with E-state index in [-0.39, 0.29) is 23.4 Å². The molecule has 2 heterocycles. The Labute approximate surface area is 134 Å². The van der Waals surface area contributed by atoms with Crippen LogP contribution in [0, 0.1) is 11.3 Å². The van der Waals surface area contributed by atoms with Gasteiger partial charge in [-0.05, 0) is 31.7 Å². The average molecular weight is 311 g/mol. The molecule has 0 aliphatic carbocycles. The highest BCUT2D eigenvalue weighted by Gasteiger charge is 2.36. The largest absolute Gasteiger partial charge is 0.392 e. The third-order valence-corrected chi connectivity index (χ3v) is 5.31. The number of fused-ring (bicyclic) bond motifs is 1. The van der Waals surface area contributed by atoms with Crippen LogP contribution in [0.1, 0.15) is 53.4 Å². The molecule has 0 saturated carbocycles. The molecule has 2 amide bonds. The molecule has 128 valence electrons. The molecule has 0 radical (unpaired) electrons. The lowest BCUT2D eigenvalue weighted by atomic mass is 9.81. The lowest BCUT2D eigenvalue weighted by Gasteiger charge is -2.34. The maximum Gasteiger partial charge on any atom is 0.315 e. The highest BCUT2D eigenvalue weighted by Crippen LogP contribution is 2.27. The molecule has 5 nitrogen and oxygen atoms in total. The van der Waals surface area contributed by atoms with E-state index in [0.717, 1.165) is 13.0 Å². The Kier molecular flexibility index (Phi) is 5.72. The number of hydrogen-bond acceptors (Lipinski definition) is 3. The van der Waals surface area contributed by atoms with Gasteiger partial charge in [-0.3, -0.25) is 4.90 Å². The lowest BCUT2D eigenvalue weighted by Crippen LogP contribution is -2.52. The normalized spacial score (nSPS) is 27.5. The number of aliphatic hydroxyl groups is 1. The average Bonchev–Trinajstić information content (AvgIpc) is 2.88. The van der Waals surface area contributed by atoms with E-state index in [4.69, 9.17) is 0 Å². The van der Waals surface area contributed by atoms with E-state index in [9.17, 15) is 9.90 Å². The highest BCUT2D eigenvalue weighted by atomic mass is 16.3. The van der Waals surface area contributed by atoms with E-state index in [0.29, 0.717) is 12.6 Å². The van der Waals surface area contributed by atoms with Crippen molar-refractivity contribution in [3.63, 3.8) is 0 Å². The molecule has 2 saturated heterocycles. The first-order valence-corrected chi connectivity index (χ1v) is 8.78. The van der Waals surface area contributed by atoms with Gasteiger partial charge in [-0.15, -0.1) is 0 Å². The van der Waals surface area contributed by atoms with Gasteiger partial charge in [0.15, 0.2) is 0 Å². The van der Waals surface area contributed by atoms with Gasteiger partial charge in [-0.2, -0.15) is 0 Å². The molecular weight excluding hydrogens is 278 g/mol. The van der Waals surface area contributed by atoms with Crippen LogP contribution in [0.2, 0.25) is 0 Å². The van der Waals surface area contributed by atoms with Crippen molar-refractivity contribution >= 4 is 6.03 Å². The van der Waals surface area contributed by atoms with Gasteiger partial charge in [0.2, 0.25) is 0 Å². The molecule has 2 aliphatic heterocycles. The Morgan fingerprint density at radius 1 is 1.27 bits per heavy atom. The fourth-order valence-corrected chi connectivity index (χ4v) is 3.95. The van der Waals surface area contributed by atoms with Gasteiger partial charge in [0, 0.05) is 30.6 Å². The molecule has 2 fully saturated rings. The zero-order valence-electron chi connectivity index (χ0n) is 14.6. The topological polar surface area (TPSA) is 64.6 Å². The molecule has 0 bridgehead atoms. The lowest BCUT2D eigenvalue weighted by molar-refractivity contribution is 0.0151. The number of carbonyl (C=O) groups excluding carboxylic acids is 1. The molecule has 5 heteroatoms. The van der Waals surface area contributed by atoms with Gasteiger partial charge in [-0.1, -0.05) is 34.1 Å². The van der Waals surface area contributed by atoms with Crippen molar-refractivity contribution in [2.45, 2.75) is 71.6 Å². The van der Waals surface area contributed by atoms with Crippen molar-refractivity contribution in [1.82, 2.24) is 15.5 Å². The number of rotatable bonds is 5. The van der Waals surface area contributed by atoms with Crippen LogP contribution in [0.3, 0.4) is 0 Å². The molecule has 3 N–H and O–H groups in total. The van der Waals surface area contributed by atoms with Crippen LogP contribution in [0.15, 0.2) is 0 Å². The van der Waals surface area contributed by atoms with Crippen molar-refractivity contribution in [2.75, 3.05) is 19.6 Å².